The summed E-state index contributed by atoms with van der Waals surface area (Å²) >= 11 is 1.84. The highest BCUT2D eigenvalue weighted by Gasteiger charge is 2.09. The minimum atomic E-state index is 0.318. The van der Waals surface area contributed by atoms with E-state index in [9.17, 15) is 0 Å². The molecule has 1 atom stereocenters. The number of rotatable bonds is 11. The van der Waals surface area contributed by atoms with E-state index in [1.807, 2.05) is 11.8 Å². The highest BCUT2D eigenvalue weighted by molar-refractivity contribution is 7.98. The van der Waals surface area contributed by atoms with E-state index >= 15 is 0 Å². The fourth-order valence-electron chi connectivity index (χ4n) is 1.58. The molecule has 1 unspecified atom stereocenters. The summed E-state index contributed by atoms with van der Waals surface area (Å²) in [5, 5.41) is 6.50. The summed E-state index contributed by atoms with van der Waals surface area (Å²) in [6, 6.07) is 0.697. The summed E-state index contributed by atoms with van der Waals surface area (Å²) in [7, 11) is 0. The van der Waals surface area contributed by atoms with Crippen LogP contribution in [0.3, 0.4) is 0 Å². The first-order valence-electron chi connectivity index (χ1n) is 7.57. The van der Waals surface area contributed by atoms with Crippen molar-refractivity contribution in [1.29, 1.82) is 0 Å². The van der Waals surface area contributed by atoms with Gasteiger partial charge < -0.3 is 15.4 Å². The van der Waals surface area contributed by atoms with E-state index < -0.39 is 0 Å². The van der Waals surface area contributed by atoms with Gasteiger partial charge in [-0.2, -0.15) is 26.7 Å². The van der Waals surface area contributed by atoms with Gasteiger partial charge >= 0.3 is 6.01 Å². The monoisotopic (exact) mass is 313 g/mol. The molecule has 21 heavy (non-hydrogen) atoms. The van der Waals surface area contributed by atoms with Gasteiger partial charge in [-0.25, -0.2) is 0 Å². The summed E-state index contributed by atoms with van der Waals surface area (Å²) in [6.07, 6.45) is 5.12. The Morgan fingerprint density at radius 1 is 1.14 bits per heavy atom. The molecule has 0 aliphatic rings. The van der Waals surface area contributed by atoms with Gasteiger partial charge in [0.1, 0.15) is 0 Å². The molecule has 0 saturated heterocycles. The highest BCUT2D eigenvalue weighted by atomic mass is 32.2. The van der Waals surface area contributed by atoms with Crippen LogP contribution >= 0.6 is 11.8 Å². The molecule has 0 bridgehead atoms. The van der Waals surface area contributed by atoms with Gasteiger partial charge in [-0.1, -0.05) is 13.8 Å². The Hall–Kier alpha value is -1.24. The van der Waals surface area contributed by atoms with Crippen molar-refractivity contribution in [1.82, 2.24) is 15.0 Å². The number of nitrogens with one attached hydrogen (secondary N) is 2. The summed E-state index contributed by atoms with van der Waals surface area (Å²) in [4.78, 5) is 13.0. The zero-order chi connectivity index (χ0) is 15.5. The van der Waals surface area contributed by atoms with E-state index in [0.717, 1.165) is 31.6 Å². The molecule has 0 aliphatic carbocycles. The Morgan fingerprint density at radius 2 is 1.90 bits per heavy atom. The van der Waals surface area contributed by atoms with E-state index in [1.54, 1.807) is 0 Å². The van der Waals surface area contributed by atoms with Gasteiger partial charge in [0, 0.05) is 12.6 Å². The number of anilines is 2. The van der Waals surface area contributed by atoms with Gasteiger partial charge in [-0.05, 0) is 38.2 Å². The first kappa shape index (κ1) is 17.8. The molecule has 1 rings (SSSR count). The zero-order valence-corrected chi connectivity index (χ0v) is 14.3. The lowest BCUT2D eigenvalue weighted by Gasteiger charge is -2.14. The fraction of sp³-hybridized carbons (Fsp3) is 0.786. The third-order valence-corrected chi connectivity index (χ3v) is 3.36. The summed E-state index contributed by atoms with van der Waals surface area (Å²) in [5.41, 5.74) is 0. The quantitative estimate of drug-likeness (QED) is 0.650. The molecule has 0 saturated carbocycles. The molecule has 1 heterocycles. The largest absolute Gasteiger partial charge is 0.463 e. The van der Waals surface area contributed by atoms with Crippen LogP contribution in [0.1, 0.15) is 40.0 Å². The molecule has 120 valence electrons. The molecule has 2 N–H and O–H groups in total. The maximum atomic E-state index is 5.53. The van der Waals surface area contributed by atoms with Crippen LogP contribution in [0.25, 0.3) is 0 Å². The number of thioether (sulfide) groups is 1. The van der Waals surface area contributed by atoms with Crippen LogP contribution in [-0.4, -0.2) is 46.2 Å². The molecule has 0 aromatic carbocycles. The molecule has 1 aromatic heterocycles. The van der Waals surface area contributed by atoms with Crippen molar-refractivity contribution < 1.29 is 4.74 Å². The minimum absolute atomic E-state index is 0.318. The fourth-order valence-corrected chi connectivity index (χ4v) is 2.17. The molecular weight excluding hydrogens is 286 g/mol. The Balaban J connectivity index is 2.74. The number of ether oxygens (including phenoxy) is 1. The molecule has 0 amide bonds. The van der Waals surface area contributed by atoms with Gasteiger partial charge in [0.25, 0.3) is 0 Å². The van der Waals surface area contributed by atoms with E-state index in [4.69, 9.17) is 4.74 Å². The summed E-state index contributed by atoms with van der Waals surface area (Å²) < 4.78 is 5.53. The highest BCUT2D eigenvalue weighted by Crippen LogP contribution is 2.13. The average Bonchev–Trinajstić information content (AvgIpc) is 2.48. The van der Waals surface area contributed by atoms with Gasteiger partial charge in [0.05, 0.1) is 6.61 Å². The van der Waals surface area contributed by atoms with Crippen LogP contribution in [0.15, 0.2) is 0 Å². The zero-order valence-electron chi connectivity index (χ0n) is 13.5. The van der Waals surface area contributed by atoms with Gasteiger partial charge in [-0.15, -0.1) is 0 Å². The van der Waals surface area contributed by atoms with Crippen molar-refractivity contribution in [2.75, 3.05) is 35.8 Å². The van der Waals surface area contributed by atoms with Crippen LogP contribution in [-0.2, 0) is 0 Å². The summed E-state index contributed by atoms with van der Waals surface area (Å²) in [6.45, 7) is 7.73. The average molecular weight is 313 g/mol. The molecule has 0 radical (unpaired) electrons. The Kier molecular flexibility index (Phi) is 8.89. The first-order valence-corrected chi connectivity index (χ1v) is 8.97. The van der Waals surface area contributed by atoms with Gasteiger partial charge in [-0.3, -0.25) is 0 Å². The number of hydrogen-bond acceptors (Lipinski definition) is 7. The molecule has 0 fully saturated rings. The molecule has 6 nitrogen and oxygen atoms in total. The normalized spacial score (nSPS) is 12.0. The second-order valence-electron chi connectivity index (χ2n) is 4.87. The molecule has 7 heteroatoms. The van der Waals surface area contributed by atoms with Crippen molar-refractivity contribution in [2.45, 2.75) is 46.1 Å². The second kappa shape index (κ2) is 10.5. The van der Waals surface area contributed by atoms with Crippen LogP contribution in [0.2, 0.25) is 0 Å². The minimum Gasteiger partial charge on any atom is -0.463 e. The van der Waals surface area contributed by atoms with Gasteiger partial charge in [0.15, 0.2) is 0 Å². The van der Waals surface area contributed by atoms with E-state index in [0.29, 0.717) is 30.6 Å². The number of aromatic nitrogens is 3. The Morgan fingerprint density at radius 3 is 2.57 bits per heavy atom. The molecule has 0 aliphatic heterocycles. The number of nitrogens with zero attached hydrogens (tertiary/aromatic N) is 3. The van der Waals surface area contributed by atoms with Crippen molar-refractivity contribution in [3.8, 4) is 6.01 Å². The standard InChI is InChI=1S/C14H27N5OS/c1-5-8-15-12-17-13(16-11(3)7-10-21-4)19-14(18-12)20-9-6-2/h11H,5-10H2,1-4H3,(H2,15,16,17,18,19). The first-order chi connectivity index (χ1) is 10.2. The predicted octanol–water partition coefficient (Wildman–Crippen LogP) is 3.04. The third-order valence-electron chi connectivity index (χ3n) is 2.71. The van der Waals surface area contributed by atoms with Crippen molar-refractivity contribution >= 4 is 23.7 Å². The van der Waals surface area contributed by atoms with Crippen LogP contribution in [0.5, 0.6) is 6.01 Å². The molecule has 0 spiro atoms. The third kappa shape index (κ3) is 7.36. The van der Waals surface area contributed by atoms with Crippen LogP contribution in [0.4, 0.5) is 11.9 Å². The summed E-state index contributed by atoms with van der Waals surface area (Å²) in [5.74, 6) is 2.25. The van der Waals surface area contributed by atoms with Gasteiger partial charge in [0.2, 0.25) is 11.9 Å². The number of hydrogen-bond donors (Lipinski definition) is 2. The molecular formula is C14H27N5OS. The maximum absolute atomic E-state index is 5.53. The van der Waals surface area contributed by atoms with E-state index in [1.165, 1.54) is 0 Å². The smallest absolute Gasteiger partial charge is 0.323 e. The predicted molar refractivity (Wildman–Crippen MR) is 90.5 cm³/mol. The van der Waals surface area contributed by atoms with Crippen LogP contribution < -0.4 is 15.4 Å². The van der Waals surface area contributed by atoms with E-state index in [2.05, 4.69) is 52.6 Å². The lowest BCUT2D eigenvalue weighted by Crippen LogP contribution is -2.19. The molecule has 1 aromatic rings. The maximum Gasteiger partial charge on any atom is 0.323 e. The SMILES string of the molecule is CCCNc1nc(NC(C)CCSC)nc(OCCC)n1. The Labute approximate surface area is 131 Å². The van der Waals surface area contributed by atoms with Crippen molar-refractivity contribution in [2.24, 2.45) is 0 Å². The lowest BCUT2D eigenvalue weighted by molar-refractivity contribution is 0.292. The Bertz CT molecular complexity index is 379. The topological polar surface area (TPSA) is 72.0 Å². The van der Waals surface area contributed by atoms with Crippen LogP contribution in [0, 0.1) is 0 Å². The van der Waals surface area contributed by atoms with E-state index in [-0.39, 0.29) is 0 Å². The second-order valence-corrected chi connectivity index (χ2v) is 5.85. The van der Waals surface area contributed by atoms with Crippen molar-refractivity contribution in [3.63, 3.8) is 0 Å². The van der Waals surface area contributed by atoms with Crippen molar-refractivity contribution in [3.05, 3.63) is 0 Å². The lowest BCUT2D eigenvalue weighted by atomic mass is 10.3.